The molecule has 6 unspecified atom stereocenters. The van der Waals surface area contributed by atoms with Gasteiger partial charge in [0, 0.05) is 44.3 Å². The SMILES string of the molecule is COC1C[C@H](OC2CC[C@]3(C)[C@@H](CC[C@@H]4[C@@H]3CC[C@]3(C)C(C5=CC(=O)OC5)C(OC(C)=O)C[C@@]43O)C2)OC(C)C1O. The van der Waals surface area contributed by atoms with Gasteiger partial charge in [-0.05, 0) is 80.6 Å². The van der Waals surface area contributed by atoms with Gasteiger partial charge in [-0.15, -0.1) is 0 Å². The summed E-state index contributed by atoms with van der Waals surface area (Å²) in [7, 11) is 1.62. The standard InChI is InChI=1S/C32H48O9/c1-17-29(35)24(37-5)14-27(39-17)41-21-8-10-30(3)20(13-21)6-7-23-22(30)9-11-31(4)28(19-12-26(34)38-16-19)25(40-18(2)33)15-32(23,31)36/h12,17,20-25,27-29,35-36H,6-11,13-16H2,1-5H3/t17?,20-,21?,22-,23+,24?,25?,27-,28?,29?,30+,31+,32+/m0/s1. The Kier molecular flexibility index (Phi) is 7.62. The molecular weight excluding hydrogens is 528 g/mol. The molecule has 4 aliphatic carbocycles. The number of aliphatic hydroxyl groups excluding tert-OH is 1. The third-order valence-corrected chi connectivity index (χ3v) is 12.5. The van der Waals surface area contributed by atoms with Gasteiger partial charge in [-0.1, -0.05) is 13.8 Å². The maximum Gasteiger partial charge on any atom is 0.331 e. The highest BCUT2D eigenvalue weighted by atomic mass is 16.7. The molecule has 13 atom stereocenters. The number of carbonyl (C=O) groups is 2. The zero-order chi connectivity index (χ0) is 29.3. The van der Waals surface area contributed by atoms with E-state index in [0.717, 1.165) is 50.5 Å². The van der Waals surface area contributed by atoms with E-state index in [2.05, 4.69) is 13.8 Å². The number of hydrogen-bond acceptors (Lipinski definition) is 9. The number of esters is 2. The van der Waals surface area contributed by atoms with Gasteiger partial charge >= 0.3 is 11.9 Å². The summed E-state index contributed by atoms with van der Waals surface area (Å²) in [5.74, 6) is 0.0175. The van der Waals surface area contributed by atoms with Crippen LogP contribution in [0, 0.1) is 34.5 Å². The summed E-state index contributed by atoms with van der Waals surface area (Å²) in [6.45, 7) is 8.06. The van der Waals surface area contributed by atoms with Crippen molar-refractivity contribution in [3.8, 4) is 0 Å². The third kappa shape index (κ3) is 4.69. The summed E-state index contributed by atoms with van der Waals surface area (Å²) in [5.41, 5.74) is -0.559. The van der Waals surface area contributed by atoms with Crippen LogP contribution in [-0.4, -0.2) is 78.3 Å². The van der Waals surface area contributed by atoms with Crippen molar-refractivity contribution in [3.63, 3.8) is 0 Å². The molecule has 41 heavy (non-hydrogen) atoms. The summed E-state index contributed by atoms with van der Waals surface area (Å²) >= 11 is 0. The van der Waals surface area contributed by atoms with Crippen LogP contribution in [0.3, 0.4) is 0 Å². The number of cyclic esters (lactones) is 1. The molecule has 0 aromatic heterocycles. The number of hydrogen-bond donors (Lipinski definition) is 2. The second kappa shape index (κ2) is 10.6. The number of carbonyl (C=O) groups excluding carboxylic acids is 2. The van der Waals surface area contributed by atoms with Crippen LogP contribution in [0.5, 0.6) is 0 Å². The molecule has 4 saturated carbocycles. The van der Waals surface area contributed by atoms with E-state index in [-0.39, 0.29) is 60.4 Å². The van der Waals surface area contributed by atoms with Gasteiger partial charge in [0.1, 0.15) is 18.8 Å². The Labute approximate surface area is 243 Å². The van der Waals surface area contributed by atoms with E-state index in [1.54, 1.807) is 13.2 Å². The molecule has 230 valence electrons. The number of methoxy groups -OCH3 is 1. The fraction of sp³-hybridized carbons (Fsp3) is 0.875. The van der Waals surface area contributed by atoms with Crippen molar-refractivity contribution < 1.29 is 43.5 Å². The normalized spacial score (nSPS) is 51.2. The maximum absolute atomic E-state index is 12.7. The van der Waals surface area contributed by atoms with Crippen LogP contribution in [0.15, 0.2) is 11.6 Å². The molecule has 9 nitrogen and oxygen atoms in total. The molecule has 0 bridgehead atoms. The summed E-state index contributed by atoms with van der Waals surface area (Å²) in [5, 5.41) is 23.0. The third-order valence-electron chi connectivity index (χ3n) is 12.5. The van der Waals surface area contributed by atoms with E-state index in [1.165, 1.54) is 6.92 Å². The highest BCUT2D eigenvalue weighted by Crippen LogP contribution is 2.70. The predicted molar refractivity (Wildman–Crippen MR) is 147 cm³/mol. The van der Waals surface area contributed by atoms with Crippen LogP contribution in [0.4, 0.5) is 0 Å². The van der Waals surface area contributed by atoms with Crippen molar-refractivity contribution in [2.75, 3.05) is 13.7 Å². The summed E-state index contributed by atoms with van der Waals surface area (Å²) in [6.07, 6.45) is 7.14. The molecule has 9 heteroatoms. The Morgan fingerprint density at radius 3 is 2.54 bits per heavy atom. The average molecular weight is 577 g/mol. The van der Waals surface area contributed by atoms with Gasteiger partial charge < -0.3 is 33.9 Å². The number of ether oxygens (including phenoxy) is 5. The van der Waals surface area contributed by atoms with E-state index < -0.39 is 23.2 Å². The molecule has 0 aromatic carbocycles. The first-order chi connectivity index (χ1) is 19.4. The van der Waals surface area contributed by atoms with Gasteiger partial charge in [-0.2, -0.15) is 0 Å². The van der Waals surface area contributed by atoms with Crippen LogP contribution < -0.4 is 0 Å². The van der Waals surface area contributed by atoms with Gasteiger partial charge in [0.2, 0.25) is 0 Å². The molecule has 6 aliphatic rings. The minimum atomic E-state index is -0.990. The monoisotopic (exact) mass is 576 g/mol. The van der Waals surface area contributed by atoms with Crippen molar-refractivity contribution in [1.82, 2.24) is 0 Å². The molecule has 0 amide bonds. The lowest BCUT2D eigenvalue weighted by Crippen LogP contribution is -2.62. The minimum absolute atomic E-state index is 0.0898. The quantitative estimate of drug-likeness (QED) is 0.373. The van der Waals surface area contributed by atoms with E-state index in [9.17, 15) is 19.8 Å². The number of aliphatic hydroxyl groups is 2. The lowest BCUT2D eigenvalue weighted by Gasteiger charge is -2.63. The molecule has 2 N–H and O–H groups in total. The topological polar surface area (TPSA) is 121 Å². The van der Waals surface area contributed by atoms with Crippen molar-refractivity contribution in [2.45, 2.75) is 128 Å². The summed E-state index contributed by atoms with van der Waals surface area (Å²) in [4.78, 5) is 24.2. The van der Waals surface area contributed by atoms with Crippen molar-refractivity contribution in [3.05, 3.63) is 11.6 Å². The Morgan fingerprint density at radius 1 is 1.07 bits per heavy atom. The largest absolute Gasteiger partial charge is 0.462 e. The zero-order valence-corrected chi connectivity index (χ0v) is 25.2. The molecule has 6 rings (SSSR count). The highest BCUT2D eigenvalue weighted by molar-refractivity contribution is 5.85. The Bertz CT molecular complexity index is 1080. The smallest absolute Gasteiger partial charge is 0.331 e. The lowest BCUT2D eigenvalue weighted by molar-refractivity contribution is -0.273. The average Bonchev–Trinajstić information content (AvgIpc) is 3.42. The fourth-order valence-electron chi connectivity index (χ4n) is 10.4. The van der Waals surface area contributed by atoms with Gasteiger partial charge in [0.15, 0.2) is 6.29 Å². The van der Waals surface area contributed by atoms with Gasteiger partial charge in [0.25, 0.3) is 0 Å². The number of rotatable bonds is 5. The molecule has 2 heterocycles. The van der Waals surface area contributed by atoms with Crippen molar-refractivity contribution in [2.24, 2.45) is 34.5 Å². The van der Waals surface area contributed by atoms with Crippen LogP contribution in [0.25, 0.3) is 0 Å². The van der Waals surface area contributed by atoms with Gasteiger partial charge in [-0.3, -0.25) is 4.79 Å². The van der Waals surface area contributed by atoms with Gasteiger partial charge in [0.05, 0.1) is 23.9 Å². The zero-order valence-electron chi connectivity index (χ0n) is 25.2. The first kappa shape index (κ1) is 29.5. The highest BCUT2D eigenvalue weighted by Gasteiger charge is 2.71. The predicted octanol–water partition coefficient (Wildman–Crippen LogP) is 3.68. The molecule has 2 aliphatic heterocycles. The molecule has 0 spiro atoms. The molecule has 5 fully saturated rings. The first-order valence-corrected chi connectivity index (χ1v) is 15.7. The Morgan fingerprint density at radius 2 is 1.85 bits per heavy atom. The van der Waals surface area contributed by atoms with Gasteiger partial charge in [-0.25, -0.2) is 4.79 Å². The molecule has 1 saturated heterocycles. The Hall–Kier alpha value is -1.52. The summed E-state index contributed by atoms with van der Waals surface area (Å²) < 4.78 is 29.1. The molecular formula is C32H48O9. The Balaban J connectivity index is 1.19. The second-order valence-electron chi connectivity index (χ2n) is 14.3. The van der Waals surface area contributed by atoms with Crippen molar-refractivity contribution >= 4 is 11.9 Å². The van der Waals surface area contributed by atoms with Crippen LogP contribution >= 0.6 is 0 Å². The fourth-order valence-corrected chi connectivity index (χ4v) is 10.4. The maximum atomic E-state index is 12.7. The number of fused-ring (bicyclic) bond motifs is 5. The van der Waals surface area contributed by atoms with E-state index >= 15 is 0 Å². The molecule has 0 aromatic rings. The van der Waals surface area contributed by atoms with Crippen LogP contribution in [-0.2, 0) is 33.3 Å². The van der Waals surface area contributed by atoms with E-state index in [1.807, 2.05) is 6.92 Å². The first-order valence-electron chi connectivity index (χ1n) is 15.7. The lowest BCUT2D eigenvalue weighted by atomic mass is 9.43. The minimum Gasteiger partial charge on any atom is -0.462 e. The second-order valence-corrected chi connectivity index (χ2v) is 14.3. The summed E-state index contributed by atoms with van der Waals surface area (Å²) in [6, 6.07) is 0. The van der Waals surface area contributed by atoms with Crippen LogP contribution in [0.1, 0.15) is 85.5 Å². The van der Waals surface area contributed by atoms with Crippen LogP contribution in [0.2, 0.25) is 0 Å². The van der Waals surface area contributed by atoms with E-state index in [4.69, 9.17) is 23.7 Å². The van der Waals surface area contributed by atoms with E-state index in [0.29, 0.717) is 24.7 Å². The molecule has 0 radical (unpaired) electrons. The van der Waals surface area contributed by atoms with Crippen molar-refractivity contribution in [1.29, 1.82) is 0 Å².